The fourth-order valence-electron chi connectivity index (χ4n) is 3.32. The summed E-state index contributed by atoms with van der Waals surface area (Å²) < 4.78 is 6.50. The molecule has 0 radical (unpaired) electrons. The highest BCUT2D eigenvalue weighted by Crippen LogP contribution is 2.22. The maximum Gasteiger partial charge on any atom is 0.278 e. The Hall–Kier alpha value is -3.41. The van der Waals surface area contributed by atoms with Crippen LogP contribution in [0.4, 0.5) is 0 Å². The van der Waals surface area contributed by atoms with Crippen molar-refractivity contribution in [2.45, 2.75) is 13.0 Å². The zero-order chi connectivity index (χ0) is 18.8. The van der Waals surface area contributed by atoms with Crippen molar-refractivity contribution >= 4 is 5.91 Å². The molecule has 1 aromatic heterocycles. The van der Waals surface area contributed by atoms with Crippen molar-refractivity contribution in [2.24, 2.45) is 0 Å². The van der Waals surface area contributed by atoms with E-state index < -0.39 is 0 Å². The molecule has 3 aromatic rings. The minimum Gasteiger partial charge on any atom is -0.494 e. The van der Waals surface area contributed by atoms with Gasteiger partial charge in [0.25, 0.3) is 11.5 Å². The van der Waals surface area contributed by atoms with Gasteiger partial charge >= 0.3 is 0 Å². The van der Waals surface area contributed by atoms with E-state index in [2.05, 4.69) is 11.2 Å². The van der Waals surface area contributed by atoms with Gasteiger partial charge in [0.2, 0.25) is 0 Å². The molecule has 136 valence electrons. The van der Waals surface area contributed by atoms with Crippen LogP contribution in [0, 0.1) is 0 Å². The fraction of sp³-hybridized carbons (Fsp3) is 0.190. The van der Waals surface area contributed by atoms with E-state index in [-0.39, 0.29) is 22.9 Å². The third kappa shape index (κ3) is 3.21. The molecule has 2 aromatic carbocycles. The van der Waals surface area contributed by atoms with Gasteiger partial charge in [0.15, 0.2) is 11.4 Å². The van der Waals surface area contributed by atoms with Gasteiger partial charge in [-0.25, -0.2) is 0 Å². The van der Waals surface area contributed by atoms with E-state index in [1.165, 1.54) is 23.4 Å². The first-order valence-corrected chi connectivity index (χ1v) is 8.77. The van der Waals surface area contributed by atoms with E-state index in [9.17, 15) is 9.59 Å². The molecule has 2 heterocycles. The first-order chi connectivity index (χ1) is 13.2. The van der Waals surface area contributed by atoms with E-state index in [1.54, 1.807) is 17.0 Å². The molecule has 0 bridgehead atoms. The number of benzene rings is 2. The van der Waals surface area contributed by atoms with Crippen molar-refractivity contribution < 1.29 is 9.53 Å². The number of hydrogen-bond donors (Lipinski definition) is 0. The molecule has 6 heteroatoms. The second-order valence-electron chi connectivity index (χ2n) is 6.39. The second kappa shape index (κ2) is 7.07. The smallest absolute Gasteiger partial charge is 0.278 e. The van der Waals surface area contributed by atoms with Crippen molar-refractivity contribution in [3.8, 4) is 11.4 Å². The number of carbonyl (C=O) groups excluding carboxylic acids is 1. The number of hydrogen-bond acceptors (Lipinski definition) is 4. The Morgan fingerprint density at radius 1 is 1.04 bits per heavy atom. The molecule has 0 saturated heterocycles. The summed E-state index contributed by atoms with van der Waals surface area (Å²) in [7, 11) is 1.44. The molecule has 1 aliphatic heterocycles. The van der Waals surface area contributed by atoms with Crippen LogP contribution >= 0.6 is 0 Å². The van der Waals surface area contributed by atoms with Gasteiger partial charge in [-0.3, -0.25) is 9.59 Å². The standard InChI is InChI=1S/C21H19N3O3/c1-27-18-13-19(25)24(17-9-3-2-4-10-17)22-20(18)21(26)23-12-11-15-7-5-6-8-16(15)14-23/h2-10,13H,11-12,14H2,1H3. The Balaban J connectivity index is 1.72. The van der Waals surface area contributed by atoms with Gasteiger partial charge in [0.1, 0.15) is 0 Å². The van der Waals surface area contributed by atoms with Crippen molar-refractivity contribution in [1.82, 2.24) is 14.7 Å². The molecule has 0 fully saturated rings. The Morgan fingerprint density at radius 2 is 1.74 bits per heavy atom. The van der Waals surface area contributed by atoms with E-state index in [0.717, 1.165) is 12.0 Å². The summed E-state index contributed by atoms with van der Waals surface area (Å²) in [4.78, 5) is 27.3. The van der Waals surface area contributed by atoms with Crippen LogP contribution in [0.25, 0.3) is 5.69 Å². The minimum absolute atomic E-state index is 0.139. The second-order valence-corrected chi connectivity index (χ2v) is 6.39. The number of amides is 1. The molecule has 4 rings (SSSR count). The summed E-state index contributed by atoms with van der Waals surface area (Å²) in [6.07, 6.45) is 0.794. The Labute approximate surface area is 156 Å². The molecule has 0 unspecified atom stereocenters. The van der Waals surface area contributed by atoms with E-state index in [4.69, 9.17) is 4.74 Å². The predicted octanol–water partition coefficient (Wildman–Crippen LogP) is 2.44. The van der Waals surface area contributed by atoms with E-state index in [0.29, 0.717) is 18.8 Å². The number of carbonyl (C=O) groups is 1. The maximum atomic E-state index is 13.2. The lowest BCUT2D eigenvalue weighted by Gasteiger charge is -2.29. The highest BCUT2D eigenvalue weighted by Gasteiger charge is 2.26. The van der Waals surface area contributed by atoms with Crippen LogP contribution < -0.4 is 10.3 Å². The fourth-order valence-corrected chi connectivity index (χ4v) is 3.32. The zero-order valence-electron chi connectivity index (χ0n) is 15.0. The first kappa shape index (κ1) is 17.0. The molecule has 0 atom stereocenters. The van der Waals surface area contributed by atoms with Crippen molar-refractivity contribution in [2.75, 3.05) is 13.7 Å². The van der Waals surface area contributed by atoms with Gasteiger partial charge in [0.05, 0.1) is 18.9 Å². The minimum atomic E-state index is -0.349. The lowest BCUT2D eigenvalue weighted by atomic mass is 10.00. The number of rotatable bonds is 3. The number of methoxy groups -OCH3 is 1. The number of nitrogens with zero attached hydrogens (tertiary/aromatic N) is 3. The molecule has 1 aliphatic rings. The van der Waals surface area contributed by atoms with Crippen LogP contribution in [0.15, 0.2) is 65.5 Å². The molecular weight excluding hydrogens is 342 g/mol. The van der Waals surface area contributed by atoms with Crippen molar-refractivity contribution in [3.63, 3.8) is 0 Å². The summed E-state index contributed by atoms with van der Waals surface area (Å²) in [5, 5.41) is 4.33. The molecular formula is C21H19N3O3. The van der Waals surface area contributed by atoms with Crippen LogP contribution in [0.5, 0.6) is 5.75 Å². The molecule has 0 N–H and O–H groups in total. The molecule has 0 saturated carbocycles. The maximum absolute atomic E-state index is 13.2. The Morgan fingerprint density at radius 3 is 2.48 bits per heavy atom. The van der Waals surface area contributed by atoms with Crippen molar-refractivity contribution in [3.05, 3.63) is 87.8 Å². The number of ether oxygens (including phenoxy) is 1. The van der Waals surface area contributed by atoms with Gasteiger partial charge in [-0.15, -0.1) is 0 Å². The Bertz CT molecular complexity index is 1040. The van der Waals surface area contributed by atoms with Gasteiger partial charge in [-0.1, -0.05) is 42.5 Å². The van der Waals surface area contributed by atoms with Gasteiger partial charge in [0, 0.05) is 13.1 Å². The number of aromatic nitrogens is 2. The average molecular weight is 361 g/mol. The third-order valence-electron chi connectivity index (χ3n) is 4.74. The van der Waals surface area contributed by atoms with Crippen LogP contribution in [-0.2, 0) is 13.0 Å². The summed E-state index contributed by atoms with van der Waals surface area (Å²) in [6.45, 7) is 1.12. The highest BCUT2D eigenvalue weighted by atomic mass is 16.5. The lowest BCUT2D eigenvalue weighted by molar-refractivity contribution is 0.0722. The first-order valence-electron chi connectivity index (χ1n) is 8.77. The topological polar surface area (TPSA) is 64.4 Å². The van der Waals surface area contributed by atoms with Crippen LogP contribution in [0.3, 0.4) is 0 Å². The number of fused-ring (bicyclic) bond motifs is 1. The SMILES string of the molecule is COc1cc(=O)n(-c2ccccc2)nc1C(=O)N1CCc2ccccc2C1. The Kier molecular flexibility index (Phi) is 4.46. The molecule has 0 aliphatic carbocycles. The molecule has 6 nitrogen and oxygen atoms in total. The highest BCUT2D eigenvalue weighted by molar-refractivity contribution is 5.95. The van der Waals surface area contributed by atoms with E-state index >= 15 is 0 Å². The summed E-state index contributed by atoms with van der Waals surface area (Å²) in [6, 6.07) is 18.4. The largest absolute Gasteiger partial charge is 0.494 e. The average Bonchev–Trinajstić information content (AvgIpc) is 2.73. The van der Waals surface area contributed by atoms with Gasteiger partial charge in [-0.05, 0) is 29.7 Å². The molecule has 0 spiro atoms. The summed E-state index contributed by atoms with van der Waals surface area (Å²) in [5.74, 6) is -0.0536. The number of para-hydroxylation sites is 1. The van der Waals surface area contributed by atoms with Crippen LogP contribution in [0.1, 0.15) is 21.6 Å². The van der Waals surface area contributed by atoms with Crippen molar-refractivity contribution in [1.29, 1.82) is 0 Å². The lowest BCUT2D eigenvalue weighted by Crippen LogP contribution is -2.37. The molecule has 1 amide bonds. The zero-order valence-corrected chi connectivity index (χ0v) is 15.0. The third-order valence-corrected chi connectivity index (χ3v) is 4.74. The normalized spacial score (nSPS) is 13.1. The van der Waals surface area contributed by atoms with Crippen LogP contribution in [-0.4, -0.2) is 34.2 Å². The van der Waals surface area contributed by atoms with Gasteiger partial charge in [-0.2, -0.15) is 9.78 Å². The quantitative estimate of drug-likeness (QED) is 0.719. The summed E-state index contributed by atoms with van der Waals surface area (Å²) >= 11 is 0. The van der Waals surface area contributed by atoms with Gasteiger partial charge < -0.3 is 9.64 Å². The van der Waals surface area contributed by atoms with E-state index in [1.807, 2.05) is 36.4 Å². The predicted molar refractivity (Wildman–Crippen MR) is 101 cm³/mol. The monoisotopic (exact) mass is 361 g/mol. The summed E-state index contributed by atoms with van der Waals surface area (Å²) in [5.41, 5.74) is 2.78. The van der Waals surface area contributed by atoms with Crippen LogP contribution in [0.2, 0.25) is 0 Å². The molecule has 27 heavy (non-hydrogen) atoms.